The number of fused-ring (bicyclic) bond motifs is 1. The average molecular weight is 411 g/mol. The van der Waals surface area contributed by atoms with Gasteiger partial charge in [0.2, 0.25) is 5.82 Å². The predicted molar refractivity (Wildman–Crippen MR) is 108 cm³/mol. The third-order valence-electron chi connectivity index (χ3n) is 4.38. The van der Waals surface area contributed by atoms with Gasteiger partial charge in [0.15, 0.2) is 6.10 Å². The maximum Gasteiger partial charge on any atom is 0.339 e. The predicted octanol–water partition coefficient (Wildman–Crippen LogP) is 4.08. The van der Waals surface area contributed by atoms with Gasteiger partial charge in [-0.3, -0.25) is 19.9 Å². The molecule has 9 heteroatoms. The first kappa shape index (κ1) is 20.8. The lowest BCUT2D eigenvalue weighted by Crippen LogP contribution is -2.30. The minimum Gasteiger partial charge on any atom is -0.449 e. The van der Waals surface area contributed by atoms with E-state index < -0.39 is 34.4 Å². The first-order chi connectivity index (χ1) is 14.2. The van der Waals surface area contributed by atoms with Crippen LogP contribution in [0.4, 0.5) is 15.8 Å². The largest absolute Gasteiger partial charge is 0.449 e. The van der Waals surface area contributed by atoms with Gasteiger partial charge in [0, 0.05) is 22.8 Å². The summed E-state index contributed by atoms with van der Waals surface area (Å²) in [5.74, 6) is -2.44. The van der Waals surface area contributed by atoms with Crippen molar-refractivity contribution in [1.29, 1.82) is 0 Å². The van der Waals surface area contributed by atoms with Crippen LogP contribution in [0.25, 0.3) is 10.9 Å². The number of nitro groups is 1. The third-order valence-corrected chi connectivity index (χ3v) is 4.38. The highest BCUT2D eigenvalue weighted by Crippen LogP contribution is 2.23. The van der Waals surface area contributed by atoms with Gasteiger partial charge < -0.3 is 10.1 Å². The summed E-state index contributed by atoms with van der Waals surface area (Å²) >= 11 is 0. The van der Waals surface area contributed by atoms with E-state index >= 15 is 0 Å². The number of hydrogen-bond acceptors (Lipinski definition) is 6. The van der Waals surface area contributed by atoms with Crippen LogP contribution in [0.15, 0.2) is 42.5 Å². The van der Waals surface area contributed by atoms with Crippen molar-refractivity contribution in [2.24, 2.45) is 0 Å². The zero-order chi connectivity index (χ0) is 22.0. The van der Waals surface area contributed by atoms with E-state index in [0.29, 0.717) is 16.6 Å². The summed E-state index contributed by atoms with van der Waals surface area (Å²) in [6.45, 7) is 4.99. The minimum absolute atomic E-state index is 0.0110. The van der Waals surface area contributed by atoms with E-state index in [1.807, 2.05) is 13.0 Å². The molecule has 0 radical (unpaired) electrons. The summed E-state index contributed by atoms with van der Waals surface area (Å²) in [5.41, 5.74) is 1.70. The van der Waals surface area contributed by atoms with Crippen LogP contribution in [0.5, 0.6) is 0 Å². The van der Waals surface area contributed by atoms with Crippen molar-refractivity contribution >= 4 is 34.2 Å². The van der Waals surface area contributed by atoms with E-state index in [9.17, 15) is 24.1 Å². The molecule has 0 saturated carbocycles. The number of pyridine rings is 1. The summed E-state index contributed by atoms with van der Waals surface area (Å²) in [7, 11) is 0. The van der Waals surface area contributed by atoms with Crippen LogP contribution in [0.3, 0.4) is 0 Å². The van der Waals surface area contributed by atoms with Gasteiger partial charge in [-0.05, 0) is 51.1 Å². The second kappa shape index (κ2) is 8.24. The molecule has 0 aliphatic carbocycles. The number of aromatic nitrogens is 1. The molecule has 0 fully saturated rings. The Bertz CT molecular complexity index is 1180. The minimum atomic E-state index is -1.20. The maximum absolute atomic E-state index is 13.4. The zero-order valence-corrected chi connectivity index (χ0v) is 16.4. The molecule has 2 aromatic carbocycles. The highest BCUT2D eigenvalue weighted by atomic mass is 19.1. The fraction of sp³-hybridized carbons (Fsp3) is 0.190. The third kappa shape index (κ3) is 4.40. The number of esters is 1. The highest BCUT2D eigenvalue weighted by molar-refractivity contribution is 6.05. The van der Waals surface area contributed by atoms with Crippen LogP contribution in [-0.4, -0.2) is 27.9 Å². The molecule has 1 atom stereocenters. The summed E-state index contributed by atoms with van der Waals surface area (Å²) in [6, 6.07) is 10.0. The SMILES string of the molecule is Cc1ccc2nc(C)cc(C(=O)OC(C)C(=O)Nc3ccc(F)c([N+](=O)[O-])c3)c2c1. The topological polar surface area (TPSA) is 111 Å². The van der Waals surface area contributed by atoms with Gasteiger partial charge >= 0.3 is 11.7 Å². The second-order valence-corrected chi connectivity index (χ2v) is 6.79. The van der Waals surface area contributed by atoms with Gasteiger partial charge in [-0.1, -0.05) is 11.6 Å². The summed E-state index contributed by atoms with van der Waals surface area (Å²) < 4.78 is 18.7. The van der Waals surface area contributed by atoms with E-state index in [0.717, 1.165) is 17.7 Å². The number of carbonyl (C=O) groups excluding carboxylic acids is 2. The van der Waals surface area contributed by atoms with Crippen molar-refractivity contribution in [2.75, 3.05) is 5.32 Å². The maximum atomic E-state index is 13.4. The van der Waals surface area contributed by atoms with Crippen LogP contribution in [0, 0.1) is 29.8 Å². The molecule has 0 saturated heterocycles. The fourth-order valence-corrected chi connectivity index (χ4v) is 2.89. The Balaban J connectivity index is 1.78. The lowest BCUT2D eigenvalue weighted by Gasteiger charge is -2.15. The van der Waals surface area contributed by atoms with Gasteiger partial charge in [-0.15, -0.1) is 0 Å². The van der Waals surface area contributed by atoms with Crippen molar-refractivity contribution in [1.82, 2.24) is 4.98 Å². The van der Waals surface area contributed by atoms with Crippen LogP contribution in [0.1, 0.15) is 28.5 Å². The van der Waals surface area contributed by atoms with E-state index in [1.54, 1.807) is 25.1 Å². The second-order valence-electron chi connectivity index (χ2n) is 6.79. The number of benzene rings is 2. The van der Waals surface area contributed by atoms with Gasteiger partial charge in [0.25, 0.3) is 5.91 Å². The van der Waals surface area contributed by atoms with Crippen LogP contribution in [0.2, 0.25) is 0 Å². The number of hydrogen-bond donors (Lipinski definition) is 1. The molecule has 1 amide bonds. The van der Waals surface area contributed by atoms with Gasteiger partial charge in [0.05, 0.1) is 16.0 Å². The van der Waals surface area contributed by atoms with E-state index in [-0.39, 0.29) is 11.3 Å². The van der Waals surface area contributed by atoms with E-state index in [1.165, 1.54) is 13.0 Å². The Morgan fingerprint density at radius 3 is 2.60 bits per heavy atom. The Morgan fingerprint density at radius 2 is 1.90 bits per heavy atom. The Hall–Kier alpha value is -3.88. The quantitative estimate of drug-likeness (QED) is 0.385. The normalized spacial score (nSPS) is 11.7. The number of amides is 1. The molecular formula is C21H18FN3O5. The van der Waals surface area contributed by atoms with Crippen molar-refractivity contribution < 1.29 is 23.6 Å². The monoisotopic (exact) mass is 411 g/mol. The van der Waals surface area contributed by atoms with Crippen molar-refractivity contribution in [2.45, 2.75) is 26.9 Å². The summed E-state index contributed by atoms with van der Waals surface area (Å²) in [4.78, 5) is 39.4. The number of rotatable bonds is 5. The number of halogens is 1. The average Bonchev–Trinajstić information content (AvgIpc) is 2.68. The zero-order valence-electron chi connectivity index (χ0n) is 16.4. The van der Waals surface area contributed by atoms with Crippen molar-refractivity contribution in [3.05, 3.63) is 75.2 Å². The molecule has 154 valence electrons. The molecule has 1 aromatic heterocycles. The standard InChI is InChI=1S/C21H18FN3O5/c1-11-4-7-18-15(8-11)16(9-12(2)23-18)21(27)30-13(3)20(26)24-14-5-6-17(22)19(10-14)25(28)29/h4-10,13H,1-3H3,(H,24,26). The van der Waals surface area contributed by atoms with Crippen molar-refractivity contribution in [3.8, 4) is 0 Å². The molecular weight excluding hydrogens is 393 g/mol. The van der Waals surface area contributed by atoms with E-state index in [2.05, 4.69) is 10.3 Å². The molecule has 0 spiro atoms. The molecule has 0 aliphatic heterocycles. The molecule has 3 rings (SSSR count). The lowest BCUT2D eigenvalue weighted by atomic mass is 10.1. The number of nitro benzene ring substituents is 1. The molecule has 1 heterocycles. The Morgan fingerprint density at radius 1 is 1.17 bits per heavy atom. The first-order valence-corrected chi connectivity index (χ1v) is 8.99. The van der Waals surface area contributed by atoms with Gasteiger partial charge in [-0.2, -0.15) is 4.39 Å². The molecule has 1 N–H and O–H groups in total. The number of nitrogens with one attached hydrogen (secondary N) is 1. The Labute approximate surface area is 170 Å². The number of anilines is 1. The van der Waals surface area contributed by atoms with Gasteiger partial charge in [-0.25, -0.2) is 4.79 Å². The van der Waals surface area contributed by atoms with E-state index in [4.69, 9.17) is 4.74 Å². The summed E-state index contributed by atoms with van der Waals surface area (Å²) in [5, 5.41) is 13.8. The Kier molecular flexibility index (Phi) is 5.72. The first-order valence-electron chi connectivity index (χ1n) is 8.99. The number of ether oxygens (including phenoxy) is 1. The van der Waals surface area contributed by atoms with Gasteiger partial charge in [0.1, 0.15) is 0 Å². The highest BCUT2D eigenvalue weighted by Gasteiger charge is 2.22. The smallest absolute Gasteiger partial charge is 0.339 e. The number of nitrogens with zero attached hydrogens (tertiary/aromatic N) is 2. The van der Waals surface area contributed by atoms with Crippen LogP contribution in [-0.2, 0) is 9.53 Å². The van der Waals surface area contributed by atoms with Crippen LogP contribution >= 0.6 is 0 Å². The number of carbonyl (C=O) groups is 2. The summed E-state index contributed by atoms with van der Waals surface area (Å²) in [6.07, 6.45) is -1.20. The van der Waals surface area contributed by atoms with Crippen LogP contribution < -0.4 is 5.32 Å². The molecule has 3 aromatic rings. The molecule has 30 heavy (non-hydrogen) atoms. The molecule has 0 bridgehead atoms. The molecule has 8 nitrogen and oxygen atoms in total. The fourth-order valence-electron chi connectivity index (χ4n) is 2.89. The number of aryl methyl sites for hydroxylation is 2. The molecule has 0 aliphatic rings. The molecule has 1 unspecified atom stereocenters. The van der Waals surface area contributed by atoms with Crippen molar-refractivity contribution in [3.63, 3.8) is 0 Å². The lowest BCUT2D eigenvalue weighted by molar-refractivity contribution is -0.387.